The van der Waals surface area contributed by atoms with Crippen molar-refractivity contribution in [1.29, 1.82) is 0 Å². The van der Waals surface area contributed by atoms with Crippen LogP contribution in [0.3, 0.4) is 0 Å². The van der Waals surface area contributed by atoms with Gasteiger partial charge in [0.15, 0.2) is 0 Å². The van der Waals surface area contributed by atoms with Crippen LogP contribution < -0.4 is 5.32 Å². The molecule has 110 valence electrons. The minimum atomic E-state index is -0.257. The van der Waals surface area contributed by atoms with Crippen LogP contribution in [0.4, 0.5) is 0 Å². The molecule has 4 unspecified atom stereocenters. The average molecular weight is 285 g/mol. The minimum Gasteiger partial charge on any atom is -0.466 e. The van der Waals surface area contributed by atoms with Crippen molar-refractivity contribution >= 4 is 11.9 Å². The summed E-state index contributed by atoms with van der Waals surface area (Å²) >= 11 is 0. The smallest absolute Gasteiger partial charge is 0.311 e. The second kappa shape index (κ2) is 5.72. The number of rotatable bonds is 4. The summed E-state index contributed by atoms with van der Waals surface area (Å²) in [4.78, 5) is 24.5. The predicted octanol–water partition coefficient (Wildman–Crippen LogP) is 2.17. The number of esters is 1. The zero-order valence-corrected chi connectivity index (χ0v) is 12.0. The summed E-state index contributed by atoms with van der Waals surface area (Å²) in [5.74, 6) is -0.164. The van der Waals surface area contributed by atoms with Crippen LogP contribution in [0, 0.1) is 17.8 Å². The van der Waals surface area contributed by atoms with E-state index in [1.54, 1.807) is 19.1 Å². The number of hydrogen-bond donors (Lipinski definition) is 1. The lowest BCUT2D eigenvalue weighted by Crippen LogP contribution is -2.46. The summed E-state index contributed by atoms with van der Waals surface area (Å²) < 4.78 is 5.17. The van der Waals surface area contributed by atoms with Gasteiger partial charge in [0.1, 0.15) is 0 Å². The van der Waals surface area contributed by atoms with Crippen molar-refractivity contribution in [3.63, 3.8) is 0 Å². The van der Waals surface area contributed by atoms with E-state index in [2.05, 4.69) is 17.5 Å². The van der Waals surface area contributed by atoms with Gasteiger partial charge in [-0.05, 0) is 37.3 Å². The highest BCUT2D eigenvalue weighted by Gasteiger charge is 2.49. The minimum absolute atomic E-state index is 0.129. The van der Waals surface area contributed by atoms with Gasteiger partial charge in [0, 0.05) is 11.6 Å². The molecule has 2 aliphatic rings. The van der Waals surface area contributed by atoms with E-state index < -0.39 is 0 Å². The number of fused-ring (bicyclic) bond motifs is 2. The number of carbonyl (C=O) groups is 2. The second-order valence-electron chi connectivity index (χ2n) is 5.59. The fourth-order valence-corrected chi connectivity index (χ4v) is 3.40. The van der Waals surface area contributed by atoms with Crippen LogP contribution in [0.2, 0.25) is 0 Å². The standard InChI is InChI=1S/C17H19NO3/c1-2-21-17(20)14-12-8-9-13(10-12)15(14)18-16(19)11-6-4-3-5-7-11/h3-9,12-15H,2,10H2,1H3,(H,18,19). The number of amides is 1. The van der Waals surface area contributed by atoms with Gasteiger partial charge in [-0.15, -0.1) is 0 Å². The number of carbonyl (C=O) groups excluding carboxylic acids is 2. The lowest BCUT2D eigenvalue weighted by atomic mass is 9.88. The molecule has 2 bridgehead atoms. The highest BCUT2D eigenvalue weighted by Crippen LogP contribution is 2.44. The molecule has 0 aromatic heterocycles. The quantitative estimate of drug-likeness (QED) is 0.681. The topological polar surface area (TPSA) is 55.4 Å². The molecular formula is C17H19NO3. The van der Waals surface area contributed by atoms with Gasteiger partial charge in [-0.1, -0.05) is 30.4 Å². The molecule has 1 saturated carbocycles. The summed E-state index contributed by atoms with van der Waals surface area (Å²) in [5, 5.41) is 3.02. The Morgan fingerprint density at radius 3 is 2.62 bits per heavy atom. The Hall–Kier alpha value is -2.10. The second-order valence-corrected chi connectivity index (χ2v) is 5.59. The zero-order chi connectivity index (χ0) is 14.8. The maximum absolute atomic E-state index is 12.3. The van der Waals surface area contributed by atoms with Gasteiger partial charge >= 0.3 is 5.97 Å². The van der Waals surface area contributed by atoms with Crippen molar-refractivity contribution in [2.45, 2.75) is 19.4 Å². The van der Waals surface area contributed by atoms with Crippen molar-refractivity contribution in [2.75, 3.05) is 6.61 Å². The first-order chi connectivity index (χ1) is 10.2. The summed E-state index contributed by atoms with van der Waals surface area (Å²) in [6.07, 6.45) is 5.11. The molecule has 0 aliphatic heterocycles. The van der Waals surface area contributed by atoms with E-state index in [1.165, 1.54) is 0 Å². The monoisotopic (exact) mass is 285 g/mol. The SMILES string of the molecule is CCOC(=O)C1C2C=CC(C2)C1NC(=O)c1ccccc1. The van der Waals surface area contributed by atoms with E-state index in [4.69, 9.17) is 4.74 Å². The van der Waals surface area contributed by atoms with Crippen molar-refractivity contribution in [1.82, 2.24) is 5.32 Å². The highest BCUT2D eigenvalue weighted by molar-refractivity contribution is 5.94. The van der Waals surface area contributed by atoms with Gasteiger partial charge in [0.05, 0.1) is 12.5 Å². The molecule has 4 nitrogen and oxygen atoms in total. The largest absolute Gasteiger partial charge is 0.466 e. The molecule has 1 aromatic carbocycles. The van der Waals surface area contributed by atoms with E-state index >= 15 is 0 Å². The maximum atomic E-state index is 12.3. The van der Waals surface area contributed by atoms with Crippen molar-refractivity contribution in [3.05, 3.63) is 48.0 Å². The molecule has 1 N–H and O–H groups in total. The fourth-order valence-electron chi connectivity index (χ4n) is 3.40. The van der Waals surface area contributed by atoms with Crippen LogP contribution in [0.1, 0.15) is 23.7 Å². The summed E-state index contributed by atoms with van der Waals surface area (Å²) in [7, 11) is 0. The molecule has 1 fully saturated rings. The molecule has 1 amide bonds. The lowest BCUT2D eigenvalue weighted by Gasteiger charge is -2.27. The Morgan fingerprint density at radius 2 is 1.90 bits per heavy atom. The molecular weight excluding hydrogens is 266 g/mol. The molecule has 21 heavy (non-hydrogen) atoms. The molecule has 4 heteroatoms. The molecule has 3 rings (SSSR count). The zero-order valence-electron chi connectivity index (χ0n) is 12.0. The molecule has 0 heterocycles. The van der Waals surface area contributed by atoms with Gasteiger partial charge in [0.2, 0.25) is 0 Å². The molecule has 1 aromatic rings. The van der Waals surface area contributed by atoms with Crippen LogP contribution in [0.25, 0.3) is 0 Å². The third-order valence-corrected chi connectivity index (χ3v) is 4.35. The van der Waals surface area contributed by atoms with Crippen molar-refractivity contribution < 1.29 is 14.3 Å². The van der Waals surface area contributed by atoms with Crippen LogP contribution in [-0.2, 0) is 9.53 Å². The van der Waals surface area contributed by atoms with Gasteiger partial charge in [0.25, 0.3) is 5.91 Å². The van der Waals surface area contributed by atoms with E-state index in [0.717, 1.165) is 6.42 Å². The van der Waals surface area contributed by atoms with Gasteiger partial charge in [-0.3, -0.25) is 9.59 Å². The number of ether oxygens (including phenoxy) is 1. The molecule has 4 atom stereocenters. The third kappa shape index (κ3) is 2.58. The average Bonchev–Trinajstić information content (AvgIpc) is 3.09. The lowest BCUT2D eigenvalue weighted by molar-refractivity contribution is -0.149. The third-order valence-electron chi connectivity index (χ3n) is 4.35. The first-order valence-corrected chi connectivity index (χ1v) is 7.41. The van der Waals surface area contributed by atoms with Gasteiger partial charge < -0.3 is 10.1 Å². The Kier molecular flexibility index (Phi) is 3.78. The molecule has 0 radical (unpaired) electrons. The summed E-state index contributed by atoms with van der Waals surface area (Å²) in [5.41, 5.74) is 0.617. The summed E-state index contributed by atoms with van der Waals surface area (Å²) in [6.45, 7) is 2.17. The molecule has 0 saturated heterocycles. The van der Waals surface area contributed by atoms with E-state index in [-0.39, 0.29) is 35.7 Å². The van der Waals surface area contributed by atoms with Gasteiger partial charge in [-0.25, -0.2) is 0 Å². The predicted molar refractivity (Wildman–Crippen MR) is 78.6 cm³/mol. The first kappa shape index (κ1) is 13.9. The Bertz CT molecular complexity index is 567. The first-order valence-electron chi connectivity index (χ1n) is 7.41. The van der Waals surface area contributed by atoms with Crippen LogP contribution in [-0.4, -0.2) is 24.5 Å². The Balaban J connectivity index is 1.75. The number of nitrogens with one attached hydrogen (secondary N) is 1. The van der Waals surface area contributed by atoms with Gasteiger partial charge in [-0.2, -0.15) is 0 Å². The van der Waals surface area contributed by atoms with Crippen LogP contribution in [0.5, 0.6) is 0 Å². The maximum Gasteiger partial charge on any atom is 0.311 e. The van der Waals surface area contributed by atoms with Crippen LogP contribution >= 0.6 is 0 Å². The normalized spacial score (nSPS) is 29.4. The van der Waals surface area contributed by atoms with Crippen LogP contribution in [0.15, 0.2) is 42.5 Å². The van der Waals surface area contributed by atoms with E-state index in [1.807, 2.05) is 18.2 Å². The Morgan fingerprint density at radius 1 is 1.19 bits per heavy atom. The fraction of sp³-hybridized carbons (Fsp3) is 0.412. The highest BCUT2D eigenvalue weighted by atomic mass is 16.5. The summed E-state index contributed by atoms with van der Waals surface area (Å²) in [6, 6.07) is 8.93. The Labute approximate surface area is 124 Å². The number of hydrogen-bond acceptors (Lipinski definition) is 3. The molecule has 2 aliphatic carbocycles. The van der Waals surface area contributed by atoms with E-state index in [0.29, 0.717) is 12.2 Å². The number of benzene rings is 1. The number of allylic oxidation sites excluding steroid dienone is 1. The van der Waals surface area contributed by atoms with E-state index in [9.17, 15) is 9.59 Å². The molecule has 0 spiro atoms. The van der Waals surface area contributed by atoms with Crippen molar-refractivity contribution in [2.24, 2.45) is 17.8 Å². The van der Waals surface area contributed by atoms with Crippen molar-refractivity contribution in [3.8, 4) is 0 Å².